The Kier molecular flexibility index (Phi) is 6.05. The van der Waals surface area contributed by atoms with E-state index in [4.69, 9.17) is 19.3 Å². The van der Waals surface area contributed by atoms with Crippen molar-refractivity contribution in [2.45, 2.75) is 24.5 Å². The zero-order valence-electron chi connectivity index (χ0n) is 16.5. The number of hydrogen-bond acceptors (Lipinski definition) is 10. The Morgan fingerprint density at radius 2 is 2.00 bits per heavy atom. The highest BCUT2D eigenvalue weighted by Crippen LogP contribution is 2.39. The van der Waals surface area contributed by atoms with E-state index in [1.807, 2.05) is 0 Å². The highest BCUT2D eigenvalue weighted by atomic mass is 31.2. The minimum Gasteiger partial charge on any atom is -0.465 e. The van der Waals surface area contributed by atoms with Crippen LogP contribution in [0, 0.1) is 0 Å². The minimum absolute atomic E-state index is 0.270. The van der Waals surface area contributed by atoms with Crippen molar-refractivity contribution in [2.75, 3.05) is 13.7 Å². The summed E-state index contributed by atoms with van der Waals surface area (Å²) in [4.78, 5) is 42.3. The molecule has 170 valence electrons. The number of ether oxygens (including phenoxy) is 2. The molecule has 1 aliphatic rings. The van der Waals surface area contributed by atoms with Crippen LogP contribution in [0.25, 0.3) is 22.4 Å². The first-order valence-electron chi connectivity index (χ1n) is 9.27. The summed E-state index contributed by atoms with van der Waals surface area (Å²) in [5.74, 6) is -0.511. The van der Waals surface area contributed by atoms with Gasteiger partial charge < -0.3 is 29.5 Å². The van der Waals surface area contributed by atoms with Crippen molar-refractivity contribution in [2.24, 2.45) is 0 Å². The Hall–Kier alpha value is -2.77. The Morgan fingerprint density at radius 1 is 1.22 bits per heavy atom. The number of fused-ring (bicyclic) bond motifs is 1. The molecule has 1 saturated heterocycles. The van der Waals surface area contributed by atoms with Crippen molar-refractivity contribution < 1.29 is 43.4 Å². The number of benzene rings is 1. The van der Waals surface area contributed by atoms with Crippen molar-refractivity contribution in [3.05, 3.63) is 42.5 Å². The fourth-order valence-electron chi connectivity index (χ4n) is 3.43. The maximum absolute atomic E-state index is 11.8. The topological polar surface area (TPSA) is 186 Å². The van der Waals surface area contributed by atoms with E-state index in [0.717, 1.165) is 0 Å². The van der Waals surface area contributed by atoms with E-state index >= 15 is 0 Å². The maximum Gasteiger partial charge on any atom is 0.469 e. The van der Waals surface area contributed by atoms with Crippen LogP contribution in [0.4, 0.5) is 0 Å². The number of aliphatic hydroxyl groups is 2. The van der Waals surface area contributed by atoms with Gasteiger partial charge in [0.05, 0.1) is 25.6 Å². The van der Waals surface area contributed by atoms with Gasteiger partial charge in [0.2, 0.25) is 0 Å². The van der Waals surface area contributed by atoms with Gasteiger partial charge in [-0.2, -0.15) is 0 Å². The summed E-state index contributed by atoms with van der Waals surface area (Å²) >= 11 is 0. The number of phosphoric ester groups is 1. The molecule has 0 unspecified atom stereocenters. The number of nitrogens with zero attached hydrogens (tertiary/aromatic N) is 4. The van der Waals surface area contributed by atoms with Gasteiger partial charge in [0.1, 0.15) is 35.8 Å². The van der Waals surface area contributed by atoms with Crippen LogP contribution in [-0.2, 0) is 18.6 Å². The van der Waals surface area contributed by atoms with Crippen LogP contribution in [-0.4, -0.2) is 77.5 Å². The number of esters is 1. The van der Waals surface area contributed by atoms with Crippen LogP contribution in [0.1, 0.15) is 16.6 Å². The molecule has 13 nitrogen and oxygen atoms in total. The number of aliphatic hydroxyl groups excluding tert-OH is 2. The number of aromatic nitrogens is 4. The molecule has 4 rings (SSSR count). The average molecular weight is 466 g/mol. The molecule has 0 bridgehead atoms. The van der Waals surface area contributed by atoms with Crippen LogP contribution in [0.5, 0.6) is 0 Å². The van der Waals surface area contributed by atoms with Gasteiger partial charge in [-0.1, -0.05) is 12.1 Å². The molecule has 0 amide bonds. The van der Waals surface area contributed by atoms with E-state index in [1.165, 1.54) is 24.3 Å². The quantitative estimate of drug-likeness (QED) is 0.282. The van der Waals surface area contributed by atoms with E-state index in [9.17, 15) is 19.6 Å². The molecule has 14 heteroatoms. The molecule has 4 atom stereocenters. The molecule has 4 N–H and O–H groups in total. The molecule has 2 aromatic heterocycles. The van der Waals surface area contributed by atoms with Crippen molar-refractivity contribution >= 4 is 25.0 Å². The van der Waals surface area contributed by atoms with Crippen molar-refractivity contribution in [1.82, 2.24) is 19.5 Å². The number of methoxy groups -OCH3 is 1. The monoisotopic (exact) mass is 466 g/mol. The lowest BCUT2D eigenvalue weighted by molar-refractivity contribution is -0.0504. The number of imidazole rings is 1. The third-order valence-corrected chi connectivity index (χ3v) is 5.42. The molecule has 0 saturated carbocycles. The Balaban J connectivity index is 1.67. The predicted molar refractivity (Wildman–Crippen MR) is 106 cm³/mol. The molecule has 1 aliphatic heterocycles. The largest absolute Gasteiger partial charge is 0.469 e. The van der Waals surface area contributed by atoms with Gasteiger partial charge in [0.25, 0.3) is 0 Å². The Morgan fingerprint density at radius 3 is 2.72 bits per heavy atom. The smallest absolute Gasteiger partial charge is 0.465 e. The second-order valence-corrected chi connectivity index (χ2v) is 8.19. The van der Waals surface area contributed by atoms with Crippen LogP contribution in [0.15, 0.2) is 36.9 Å². The van der Waals surface area contributed by atoms with E-state index in [2.05, 4.69) is 19.5 Å². The molecule has 1 fully saturated rings. The van der Waals surface area contributed by atoms with E-state index in [0.29, 0.717) is 22.3 Å². The minimum atomic E-state index is -4.78. The Labute approximate surface area is 180 Å². The second kappa shape index (κ2) is 8.64. The molecule has 32 heavy (non-hydrogen) atoms. The van der Waals surface area contributed by atoms with Gasteiger partial charge in [-0.15, -0.1) is 0 Å². The number of carbonyl (C=O) groups is 1. The lowest BCUT2D eigenvalue weighted by atomic mass is 10.1. The normalized spacial score (nSPS) is 23.5. The molecular weight excluding hydrogens is 447 g/mol. The summed E-state index contributed by atoms with van der Waals surface area (Å²) in [6.45, 7) is -0.633. The highest BCUT2D eigenvalue weighted by Gasteiger charge is 2.45. The number of rotatable bonds is 6. The fourth-order valence-corrected chi connectivity index (χ4v) is 3.77. The molecule has 0 radical (unpaired) electrons. The SMILES string of the molecule is COC(=O)c1cccc(-c2ncnc3c2ncn3[C@@H]2O[C@H](COP(=O)(O)O)[C@H](O)[C@H]2O)c1. The van der Waals surface area contributed by atoms with Crippen LogP contribution in [0.3, 0.4) is 0 Å². The van der Waals surface area contributed by atoms with E-state index in [1.54, 1.807) is 24.3 Å². The van der Waals surface area contributed by atoms with Crippen LogP contribution >= 0.6 is 7.82 Å². The van der Waals surface area contributed by atoms with Crippen LogP contribution < -0.4 is 0 Å². The lowest BCUT2D eigenvalue weighted by Gasteiger charge is -2.16. The van der Waals surface area contributed by atoms with Gasteiger partial charge in [0, 0.05) is 5.56 Å². The summed E-state index contributed by atoms with van der Waals surface area (Å²) in [6.07, 6.45) is -2.66. The Bertz CT molecular complexity index is 1200. The molecule has 1 aromatic carbocycles. The third kappa shape index (κ3) is 4.27. The van der Waals surface area contributed by atoms with Gasteiger partial charge in [-0.25, -0.2) is 24.3 Å². The summed E-state index contributed by atoms with van der Waals surface area (Å²) in [6, 6.07) is 6.58. The summed E-state index contributed by atoms with van der Waals surface area (Å²) in [7, 11) is -3.51. The first kappa shape index (κ1) is 22.4. The molecular formula is C18H19N4O9P. The van der Waals surface area contributed by atoms with Crippen LogP contribution in [0.2, 0.25) is 0 Å². The lowest BCUT2D eigenvalue weighted by Crippen LogP contribution is -2.33. The van der Waals surface area contributed by atoms with Gasteiger partial charge in [-0.05, 0) is 12.1 Å². The second-order valence-electron chi connectivity index (χ2n) is 6.95. The van der Waals surface area contributed by atoms with E-state index in [-0.39, 0.29) is 5.65 Å². The summed E-state index contributed by atoms with van der Waals surface area (Å²) < 4.78 is 27.0. The molecule has 3 heterocycles. The van der Waals surface area contributed by atoms with E-state index < -0.39 is 44.9 Å². The first-order valence-corrected chi connectivity index (χ1v) is 10.8. The maximum atomic E-state index is 11.8. The fraction of sp³-hybridized carbons (Fsp3) is 0.333. The average Bonchev–Trinajstić information content (AvgIpc) is 3.32. The van der Waals surface area contributed by atoms with Crippen molar-refractivity contribution in [1.29, 1.82) is 0 Å². The van der Waals surface area contributed by atoms with Crippen molar-refractivity contribution in [3.63, 3.8) is 0 Å². The standard InChI is InChI=1S/C18H19N4O9P/c1-29-18(25)10-4-2-3-9(5-10)12-13-16(20-7-19-12)22(8-21-13)17-15(24)14(23)11(31-17)6-30-32(26,27)28/h2-5,7-8,11,14-15,17,23-24H,6H2,1H3,(H2,26,27,28)/t11-,14+,15-,17-/m1/s1. The molecule has 0 spiro atoms. The molecule has 3 aromatic rings. The summed E-state index contributed by atoms with van der Waals surface area (Å²) in [5.41, 5.74) is 1.92. The molecule has 0 aliphatic carbocycles. The van der Waals surface area contributed by atoms with Crippen molar-refractivity contribution in [3.8, 4) is 11.3 Å². The first-order chi connectivity index (χ1) is 15.2. The number of phosphoric acid groups is 1. The zero-order chi connectivity index (χ0) is 23.0. The van der Waals surface area contributed by atoms with Gasteiger partial charge >= 0.3 is 13.8 Å². The third-order valence-electron chi connectivity index (χ3n) is 4.93. The van der Waals surface area contributed by atoms with Gasteiger partial charge in [0.15, 0.2) is 11.9 Å². The summed E-state index contributed by atoms with van der Waals surface area (Å²) in [5, 5.41) is 20.6. The zero-order valence-corrected chi connectivity index (χ0v) is 17.4. The van der Waals surface area contributed by atoms with Gasteiger partial charge in [-0.3, -0.25) is 9.09 Å². The number of carbonyl (C=O) groups excluding carboxylic acids is 1. The predicted octanol–water partition coefficient (Wildman–Crippen LogP) is 0.00840. The number of hydrogen-bond donors (Lipinski definition) is 4. The highest BCUT2D eigenvalue weighted by molar-refractivity contribution is 7.46.